The summed E-state index contributed by atoms with van der Waals surface area (Å²) in [6.07, 6.45) is 1.50. The van der Waals surface area contributed by atoms with E-state index >= 15 is 0 Å². The summed E-state index contributed by atoms with van der Waals surface area (Å²) in [6, 6.07) is 20.7. The highest BCUT2D eigenvalue weighted by atomic mass is 16.5. The number of hydrogen-bond acceptors (Lipinski definition) is 4. The van der Waals surface area contributed by atoms with Gasteiger partial charge in [-0.2, -0.15) is 0 Å². The van der Waals surface area contributed by atoms with Crippen molar-refractivity contribution in [2.75, 3.05) is 38.0 Å². The van der Waals surface area contributed by atoms with E-state index in [1.165, 1.54) is 6.26 Å². The summed E-state index contributed by atoms with van der Waals surface area (Å²) in [5, 5.41) is 2.94. The van der Waals surface area contributed by atoms with E-state index in [0.29, 0.717) is 32.0 Å². The van der Waals surface area contributed by atoms with Crippen LogP contribution < -0.4 is 15.0 Å². The number of nitrogens with zero attached hydrogens (tertiary/aromatic N) is 1. The summed E-state index contributed by atoms with van der Waals surface area (Å²) >= 11 is 0. The number of furan rings is 1. The molecule has 1 aromatic heterocycles. The summed E-state index contributed by atoms with van der Waals surface area (Å²) in [7, 11) is 0. The van der Waals surface area contributed by atoms with Crippen molar-refractivity contribution < 1.29 is 23.6 Å². The first-order chi connectivity index (χ1) is 15.2. The molecule has 1 aliphatic heterocycles. The zero-order valence-corrected chi connectivity index (χ0v) is 17.3. The van der Waals surface area contributed by atoms with E-state index in [0.717, 1.165) is 35.0 Å². The Morgan fingerprint density at radius 2 is 1.71 bits per heavy atom. The van der Waals surface area contributed by atoms with E-state index < -0.39 is 0 Å². The van der Waals surface area contributed by atoms with Gasteiger partial charge in [-0.05, 0) is 42.0 Å². The predicted octanol–water partition coefficient (Wildman–Crippen LogP) is 1.84. The second-order valence-corrected chi connectivity index (χ2v) is 7.54. The molecule has 1 aliphatic rings. The third-order valence-corrected chi connectivity index (χ3v) is 5.29. The zero-order valence-electron chi connectivity index (χ0n) is 17.3. The number of hydrogen-bond donors (Lipinski definition) is 2. The Morgan fingerprint density at radius 3 is 2.39 bits per heavy atom. The lowest BCUT2D eigenvalue weighted by atomic mass is 10.2. The first-order valence-electron chi connectivity index (χ1n) is 10.4. The molecular weight excluding hydrogens is 394 g/mol. The Labute approximate surface area is 181 Å². The molecule has 0 radical (unpaired) electrons. The number of carbonyl (C=O) groups excluding carboxylic acids is 2. The van der Waals surface area contributed by atoms with Crippen molar-refractivity contribution in [3.05, 3.63) is 84.3 Å². The Kier molecular flexibility index (Phi) is 6.64. The number of amides is 2. The van der Waals surface area contributed by atoms with E-state index in [2.05, 4.69) is 5.32 Å². The van der Waals surface area contributed by atoms with Crippen LogP contribution in [-0.2, 0) is 11.4 Å². The lowest BCUT2D eigenvalue weighted by molar-refractivity contribution is -0.895. The third kappa shape index (κ3) is 5.73. The van der Waals surface area contributed by atoms with Crippen LogP contribution in [0.1, 0.15) is 16.1 Å². The fraction of sp³-hybridized carbons (Fsp3) is 0.250. The van der Waals surface area contributed by atoms with Gasteiger partial charge >= 0.3 is 0 Å². The molecule has 7 nitrogen and oxygen atoms in total. The Morgan fingerprint density at radius 1 is 0.968 bits per heavy atom. The lowest BCUT2D eigenvalue weighted by Crippen LogP contribution is -3.15. The molecule has 0 aliphatic carbocycles. The highest BCUT2D eigenvalue weighted by Gasteiger charge is 2.27. The van der Waals surface area contributed by atoms with E-state index in [-0.39, 0.29) is 11.8 Å². The maximum Gasteiger partial charge on any atom is 0.289 e. The van der Waals surface area contributed by atoms with Crippen LogP contribution in [0.15, 0.2) is 77.4 Å². The van der Waals surface area contributed by atoms with Gasteiger partial charge in [-0.1, -0.05) is 30.3 Å². The summed E-state index contributed by atoms with van der Waals surface area (Å²) in [4.78, 5) is 27.7. The van der Waals surface area contributed by atoms with Gasteiger partial charge < -0.3 is 24.3 Å². The molecule has 0 saturated carbocycles. The van der Waals surface area contributed by atoms with E-state index in [4.69, 9.17) is 9.15 Å². The molecule has 4 rings (SSSR count). The molecule has 1 saturated heterocycles. The van der Waals surface area contributed by atoms with Crippen LogP contribution in [0.3, 0.4) is 0 Å². The van der Waals surface area contributed by atoms with Gasteiger partial charge in [-0.15, -0.1) is 0 Å². The Hall–Kier alpha value is -3.58. The lowest BCUT2D eigenvalue weighted by Gasteiger charge is -2.31. The van der Waals surface area contributed by atoms with Crippen LogP contribution in [0, 0.1) is 0 Å². The minimum atomic E-state index is -0.0944. The smallest absolute Gasteiger partial charge is 0.289 e. The van der Waals surface area contributed by atoms with Crippen molar-refractivity contribution in [2.45, 2.75) is 6.61 Å². The molecule has 1 fully saturated rings. The average molecular weight is 420 g/mol. The minimum absolute atomic E-state index is 0.0428. The first-order valence-corrected chi connectivity index (χ1v) is 10.4. The number of ether oxygens (including phenoxy) is 1. The molecule has 0 unspecified atom stereocenters. The molecule has 2 N–H and O–H groups in total. The quantitative estimate of drug-likeness (QED) is 0.612. The maximum atomic E-state index is 12.4. The van der Waals surface area contributed by atoms with Gasteiger partial charge in [0.2, 0.25) is 0 Å². The number of quaternary nitrogens is 1. The highest BCUT2D eigenvalue weighted by molar-refractivity contribution is 5.92. The fourth-order valence-electron chi connectivity index (χ4n) is 3.57. The number of benzene rings is 2. The Balaban J connectivity index is 1.20. The van der Waals surface area contributed by atoms with Gasteiger partial charge in [0.15, 0.2) is 12.3 Å². The summed E-state index contributed by atoms with van der Waals surface area (Å²) in [5.74, 6) is 0.976. The molecule has 7 heteroatoms. The molecule has 2 aromatic carbocycles. The van der Waals surface area contributed by atoms with Gasteiger partial charge in [-0.25, -0.2) is 0 Å². The van der Waals surface area contributed by atoms with E-state index in [1.807, 2.05) is 54.6 Å². The number of anilines is 1. The second kappa shape index (κ2) is 9.95. The molecule has 2 heterocycles. The van der Waals surface area contributed by atoms with Crippen LogP contribution >= 0.6 is 0 Å². The Bertz CT molecular complexity index is 979. The summed E-state index contributed by atoms with van der Waals surface area (Å²) < 4.78 is 11.0. The van der Waals surface area contributed by atoms with Crippen molar-refractivity contribution in [1.29, 1.82) is 0 Å². The van der Waals surface area contributed by atoms with Crippen molar-refractivity contribution in [3.63, 3.8) is 0 Å². The topological polar surface area (TPSA) is 76.2 Å². The van der Waals surface area contributed by atoms with E-state index in [9.17, 15) is 9.59 Å². The van der Waals surface area contributed by atoms with Crippen molar-refractivity contribution in [3.8, 4) is 5.75 Å². The molecule has 160 valence electrons. The van der Waals surface area contributed by atoms with Gasteiger partial charge in [0.05, 0.1) is 32.4 Å². The monoisotopic (exact) mass is 420 g/mol. The van der Waals surface area contributed by atoms with Crippen molar-refractivity contribution >= 4 is 17.5 Å². The SMILES string of the molecule is O=C(C[NH+]1CCN(C(=O)c2ccco2)CC1)Nc1ccc(OCc2ccccc2)cc1. The van der Waals surface area contributed by atoms with Crippen LogP contribution in [0.25, 0.3) is 0 Å². The van der Waals surface area contributed by atoms with Crippen molar-refractivity contribution in [2.24, 2.45) is 0 Å². The predicted molar refractivity (Wildman–Crippen MR) is 116 cm³/mol. The van der Waals surface area contributed by atoms with Crippen LogP contribution in [-0.4, -0.2) is 49.4 Å². The van der Waals surface area contributed by atoms with Gasteiger partial charge in [0.1, 0.15) is 12.4 Å². The van der Waals surface area contributed by atoms with Gasteiger partial charge in [0, 0.05) is 5.69 Å². The number of carbonyl (C=O) groups is 2. The molecule has 0 bridgehead atoms. The largest absolute Gasteiger partial charge is 0.489 e. The van der Waals surface area contributed by atoms with Crippen LogP contribution in [0.2, 0.25) is 0 Å². The van der Waals surface area contributed by atoms with Gasteiger partial charge in [-0.3, -0.25) is 9.59 Å². The van der Waals surface area contributed by atoms with Crippen molar-refractivity contribution in [1.82, 2.24) is 4.90 Å². The molecule has 0 spiro atoms. The zero-order chi connectivity index (χ0) is 21.5. The molecule has 3 aromatic rings. The second-order valence-electron chi connectivity index (χ2n) is 7.54. The fourth-order valence-corrected chi connectivity index (χ4v) is 3.57. The summed E-state index contributed by atoms with van der Waals surface area (Å²) in [5.41, 5.74) is 1.84. The summed E-state index contributed by atoms with van der Waals surface area (Å²) in [6.45, 7) is 3.54. The minimum Gasteiger partial charge on any atom is -0.489 e. The molecular formula is C24H26N3O4+. The van der Waals surface area contributed by atoms with Crippen LogP contribution in [0.5, 0.6) is 5.75 Å². The molecule has 2 amide bonds. The number of piperazine rings is 1. The third-order valence-electron chi connectivity index (χ3n) is 5.29. The van der Waals surface area contributed by atoms with Crippen LogP contribution in [0.4, 0.5) is 5.69 Å². The highest BCUT2D eigenvalue weighted by Crippen LogP contribution is 2.17. The van der Waals surface area contributed by atoms with E-state index in [1.54, 1.807) is 17.0 Å². The maximum absolute atomic E-state index is 12.4. The van der Waals surface area contributed by atoms with Gasteiger partial charge in [0.25, 0.3) is 11.8 Å². The number of rotatable bonds is 7. The average Bonchev–Trinajstić information content (AvgIpc) is 3.34. The first kappa shape index (κ1) is 20.7. The number of nitrogens with one attached hydrogen (secondary N) is 2. The molecule has 31 heavy (non-hydrogen) atoms. The standard InChI is InChI=1S/C24H25N3O4/c28-23(17-26-12-14-27(15-13-26)24(29)22-7-4-16-30-22)25-20-8-10-21(11-9-20)31-18-19-5-2-1-3-6-19/h1-11,16H,12-15,17-18H2,(H,25,28)/p+1. The molecule has 0 atom stereocenters. The normalized spacial score (nSPS) is 14.3.